The van der Waals surface area contributed by atoms with Gasteiger partial charge in [0.15, 0.2) is 18.1 Å². The summed E-state index contributed by atoms with van der Waals surface area (Å²) < 4.78 is 11.5. The summed E-state index contributed by atoms with van der Waals surface area (Å²) in [6.45, 7) is 1.64. The number of urea groups is 1. The fourth-order valence-electron chi connectivity index (χ4n) is 3.00. The largest absolute Gasteiger partial charge is 0.490 e. The molecule has 0 atom stereocenters. The third-order valence-corrected chi connectivity index (χ3v) is 5.22. The summed E-state index contributed by atoms with van der Waals surface area (Å²) in [5, 5.41) is 12.9. The second-order valence-corrected chi connectivity index (χ2v) is 7.91. The van der Waals surface area contributed by atoms with Crippen LogP contribution in [0.1, 0.15) is 12.5 Å². The molecule has 3 N–H and O–H groups in total. The molecule has 12 nitrogen and oxygen atoms in total. The molecule has 0 bridgehead atoms. The lowest BCUT2D eigenvalue weighted by atomic mass is 10.1. The van der Waals surface area contributed by atoms with Crippen LogP contribution in [0.4, 0.5) is 16.2 Å². The second-order valence-electron chi connectivity index (χ2n) is 6.75. The van der Waals surface area contributed by atoms with Gasteiger partial charge >= 0.3 is 6.03 Å². The van der Waals surface area contributed by atoms with Crippen LogP contribution in [-0.2, 0) is 14.4 Å². The molecule has 1 aliphatic rings. The molecule has 34 heavy (non-hydrogen) atoms. The van der Waals surface area contributed by atoms with Gasteiger partial charge in [0.05, 0.1) is 20.8 Å². The number of benzene rings is 2. The summed E-state index contributed by atoms with van der Waals surface area (Å²) in [5.74, 6) is -1.97. The van der Waals surface area contributed by atoms with E-state index < -0.39 is 28.7 Å². The number of nitrogens with zero attached hydrogens (tertiary/aromatic N) is 2. The standard InChI is InChI=1S/C21H17IN4O8/c1-2-33-16-9-11(8-15(22)18(16)34-10-17(23)27)7-14-19(28)24-21(30)25(20(14)29)12-3-5-13(6-4-12)26(31)32/h3-9H,2,10H2,1H3,(H2,23,27)(H,24,28,30)/b14-7+. The Kier molecular flexibility index (Phi) is 7.45. The first kappa shape index (κ1) is 24.6. The van der Waals surface area contributed by atoms with E-state index in [2.05, 4.69) is 5.32 Å². The van der Waals surface area contributed by atoms with Crippen molar-refractivity contribution in [2.45, 2.75) is 6.92 Å². The molecule has 2 aromatic rings. The Labute approximate surface area is 206 Å². The van der Waals surface area contributed by atoms with E-state index in [-0.39, 0.29) is 41.7 Å². The molecular formula is C21H17IN4O8. The zero-order valence-corrected chi connectivity index (χ0v) is 19.7. The predicted molar refractivity (Wildman–Crippen MR) is 127 cm³/mol. The molecule has 0 saturated carbocycles. The molecule has 0 unspecified atom stereocenters. The van der Waals surface area contributed by atoms with Crippen molar-refractivity contribution in [3.63, 3.8) is 0 Å². The highest BCUT2D eigenvalue weighted by atomic mass is 127. The molecule has 1 aliphatic heterocycles. The maximum Gasteiger partial charge on any atom is 0.335 e. The van der Waals surface area contributed by atoms with Gasteiger partial charge in [-0.1, -0.05) is 0 Å². The molecule has 13 heteroatoms. The van der Waals surface area contributed by atoms with Crippen LogP contribution in [0.25, 0.3) is 6.08 Å². The number of hydrogen-bond acceptors (Lipinski definition) is 8. The zero-order chi connectivity index (χ0) is 25.0. The Bertz CT molecular complexity index is 1230. The Balaban J connectivity index is 1.99. The molecule has 0 radical (unpaired) electrons. The molecule has 176 valence electrons. The Morgan fingerprint density at radius 2 is 1.88 bits per heavy atom. The quantitative estimate of drug-likeness (QED) is 0.157. The molecule has 2 aromatic carbocycles. The number of amides is 5. The number of carbonyl (C=O) groups is 4. The highest BCUT2D eigenvalue weighted by Gasteiger charge is 2.37. The fraction of sp³-hybridized carbons (Fsp3) is 0.143. The third kappa shape index (κ3) is 5.31. The number of hydrogen-bond donors (Lipinski definition) is 2. The smallest absolute Gasteiger partial charge is 0.335 e. The SMILES string of the molecule is CCOc1cc(/C=C2\C(=O)NC(=O)N(c3ccc([N+](=O)[O-])cc3)C2=O)cc(I)c1OCC(N)=O. The number of imide groups is 2. The van der Waals surface area contributed by atoms with Crippen molar-refractivity contribution in [3.8, 4) is 11.5 Å². The summed E-state index contributed by atoms with van der Waals surface area (Å²) in [6.07, 6.45) is 1.27. The highest BCUT2D eigenvalue weighted by molar-refractivity contribution is 14.1. The topological polar surface area (TPSA) is 171 Å². The number of nitro benzene ring substituents is 1. The third-order valence-electron chi connectivity index (χ3n) is 4.42. The van der Waals surface area contributed by atoms with Gasteiger partial charge in [0.2, 0.25) is 0 Å². The molecular weight excluding hydrogens is 563 g/mol. The first-order valence-corrected chi connectivity index (χ1v) is 10.7. The number of nitrogens with two attached hydrogens (primary N) is 1. The van der Waals surface area contributed by atoms with E-state index >= 15 is 0 Å². The van der Waals surface area contributed by atoms with Crippen LogP contribution in [0.2, 0.25) is 0 Å². The number of primary amides is 1. The average Bonchev–Trinajstić information content (AvgIpc) is 2.76. The van der Waals surface area contributed by atoms with E-state index in [0.29, 0.717) is 14.0 Å². The molecule has 5 amide bonds. The zero-order valence-electron chi connectivity index (χ0n) is 17.6. The van der Waals surface area contributed by atoms with Crippen molar-refractivity contribution in [1.29, 1.82) is 0 Å². The number of nitrogens with one attached hydrogen (secondary N) is 1. The number of halogens is 1. The number of ether oxygens (including phenoxy) is 2. The van der Waals surface area contributed by atoms with Crippen LogP contribution in [0, 0.1) is 13.7 Å². The first-order chi connectivity index (χ1) is 16.1. The monoisotopic (exact) mass is 580 g/mol. The minimum absolute atomic E-state index is 0.0475. The van der Waals surface area contributed by atoms with E-state index in [4.69, 9.17) is 15.2 Å². The Hall–Kier alpha value is -4.01. The first-order valence-electron chi connectivity index (χ1n) is 9.65. The number of rotatable bonds is 8. The number of nitro groups is 1. The summed E-state index contributed by atoms with van der Waals surface area (Å²) in [7, 11) is 0. The van der Waals surface area contributed by atoms with Crippen molar-refractivity contribution in [1.82, 2.24) is 5.32 Å². The van der Waals surface area contributed by atoms with E-state index in [1.54, 1.807) is 13.0 Å². The van der Waals surface area contributed by atoms with E-state index in [1.165, 1.54) is 24.3 Å². The summed E-state index contributed by atoms with van der Waals surface area (Å²) in [6, 6.07) is 6.82. The van der Waals surface area contributed by atoms with Gasteiger partial charge in [-0.25, -0.2) is 9.69 Å². The van der Waals surface area contributed by atoms with Gasteiger partial charge in [-0.05, 0) is 65.4 Å². The number of carbonyl (C=O) groups excluding carboxylic acids is 4. The Morgan fingerprint density at radius 3 is 2.47 bits per heavy atom. The summed E-state index contributed by atoms with van der Waals surface area (Å²) in [4.78, 5) is 59.8. The lowest BCUT2D eigenvalue weighted by molar-refractivity contribution is -0.384. The van der Waals surface area contributed by atoms with Crippen LogP contribution in [-0.4, -0.2) is 41.9 Å². The highest BCUT2D eigenvalue weighted by Crippen LogP contribution is 2.35. The van der Waals surface area contributed by atoms with Crippen molar-refractivity contribution < 1.29 is 33.6 Å². The van der Waals surface area contributed by atoms with Gasteiger partial charge in [0.1, 0.15) is 5.57 Å². The maximum atomic E-state index is 13.0. The molecule has 0 aliphatic carbocycles. The predicted octanol–water partition coefficient (Wildman–Crippen LogP) is 2.13. The van der Waals surface area contributed by atoms with Crippen molar-refractivity contribution in [2.24, 2.45) is 5.73 Å². The van der Waals surface area contributed by atoms with Crippen LogP contribution >= 0.6 is 22.6 Å². The van der Waals surface area contributed by atoms with Crippen molar-refractivity contribution in [3.05, 3.63) is 61.2 Å². The number of barbiturate groups is 1. The van der Waals surface area contributed by atoms with Crippen LogP contribution in [0.15, 0.2) is 42.0 Å². The van der Waals surface area contributed by atoms with Crippen molar-refractivity contribution in [2.75, 3.05) is 18.1 Å². The summed E-state index contributed by atoms with van der Waals surface area (Å²) >= 11 is 1.94. The van der Waals surface area contributed by atoms with Gasteiger partial charge < -0.3 is 15.2 Å². The molecule has 1 saturated heterocycles. The van der Waals surface area contributed by atoms with Gasteiger partial charge in [-0.2, -0.15) is 0 Å². The van der Waals surface area contributed by atoms with Gasteiger partial charge in [0, 0.05) is 12.1 Å². The van der Waals surface area contributed by atoms with Crippen LogP contribution < -0.4 is 25.4 Å². The normalized spacial score (nSPS) is 14.7. The maximum absolute atomic E-state index is 13.0. The van der Waals surface area contributed by atoms with Crippen LogP contribution in [0.5, 0.6) is 11.5 Å². The molecule has 0 aromatic heterocycles. The fourth-order valence-corrected chi connectivity index (χ4v) is 3.78. The molecule has 0 spiro atoms. The van der Waals surface area contributed by atoms with Gasteiger partial charge in [-0.3, -0.25) is 29.8 Å². The summed E-state index contributed by atoms with van der Waals surface area (Å²) in [5.41, 5.74) is 4.99. The van der Waals surface area contributed by atoms with E-state index in [1.807, 2.05) is 22.6 Å². The minimum Gasteiger partial charge on any atom is -0.490 e. The Morgan fingerprint density at radius 1 is 1.21 bits per heavy atom. The van der Waals surface area contributed by atoms with Gasteiger partial charge in [-0.15, -0.1) is 0 Å². The molecule has 1 fully saturated rings. The van der Waals surface area contributed by atoms with Crippen molar-refractivity contribution >= 4 is 63.8 Å². The minimum atomic E-state index is -0.985. The second kappa shape index (κ2) is 10.3. The van der Waals surface area contributed by atoms with E-state index in [9.17, 15) is 29.3 Å². The molecule has 3 rings (SSSR count). The number of non-ortho nitro benzene ring substituents is 1. The number of anilines is 1. The molecule has 1 heterocycles. The lowest BCUT2D eigenvalue weighted by Crippen LogP contribution is -2.54. The van der Waals surface area contributed by atoms with Gasteiger partial charge in [0.25, 0.3) is 23.4 Å². The lowest BCUT2D eigenvalue weighted by Gasteiger charge is -2.26. The average molecular weight is 580 g/mol. The van der Waals surface area contributed by atoms with E-state index in [0.717, 1.165) is 12.1 Å². The van der Waals surface area contributed by atoms with Crippen LogP contribution in [0.3, 0.4) is 0 Å².